The third-order valence-corrected chi connectivity index (χ3v) is 4.28. The molecule has 2 aliphatic carbocycles. The van der Waals surface area contributed by atoms with Crippen molar-refractivity contribution in [2.24, 2.45) is 0 Å². The molecular formula is C18H22. The van der Waals surface area contributed by atoms with Gasteiger partial charge < -0.3 is 0 Å². The zero-order chi connectivity index (χ0) is 12.2. The Kier molecular flexibility index (Phi) is 3.64. The summed E-state index contributed by atoms with van der Waals surface area (Å²) in [5.74, 6) is 0.592. The van der Waals surface area contributed by atoms with E-state index in [-0.39, 0.29) is 0 Å². The van der Waals surface area contributed by atoms with Crippen LogP contribution in [0.4, 0.5) is 0 Å². The predicted molar refractivity (Wildman–Crippen MR) is 77.7 cm³/mol. The fourth-order valence-corrected chi connectivity index (χ4v) is 3.39. The molecule has 0 spiro atoms. The predicted octanol–water partition coefficient (Wildman–Crippen LogP) is 5.38. The topological polar surface area (TPSA) is 0 Å². The standard InChI is InChI=1S/C18H22/c1-3-9-15(10-4-1)18(17-13-7-8-14-17)16-11-5-2-6-12-16/h1,3-4,9-11,13,18H,2,5-8,12,14H2. The summed E-state index contributed by atoms with van der Waals surface area (Å²) in [6, 6.07) is 11.1. The van der Waals surface area contributed by atoms with Crippen LogP contribution in [0.25, 0.3) is 0 Å². The highest BCUT2D eigenvalue weighted by atomic mass is 14.3. The monoisotopic (exact) mass is 238 g/mol. The van der Waals surface area contributed by atoms with Gasteiger partial charge in [0.1, 0.15) is 0 Å². The summed E-state index contributed by atoms with van der Waals surface area (Å²) >= 11 is 0. The second-order valence-corrected chi connectivity index (χ2v) is 5.54. The van der Waals surface area contributed by atoms with E-state index >= 15 is 0 Å². The number of allylic oxidation sites excluding steroid dienone is 4. The first-order valence-electron chi connectivity index (χ1n) is 7.38. The average molecular weight is 238 g/mol. The van der Waals surface area contributed by atoms with Crippen LogP contribution in [0.5, 0.6) is 0 Å². The highest BCUT2D eigenvalue weighted by Crippen LogP contribution is 2.41. The number of hydrogen-bond donors (Lipinski definition) is 0. The SMILES string of the molecule is C1=C(C(C2=CCCCC2)c2ccccc2)CCC1. The van der Waals surface area contributed by atoms with Gasteiger partial charge in [0.15, 0.2) is 0 Å². The van der Waals surface area contributed by atoms with Gasteiger partial charge in [0.25, 0.3) is 0 Å². The van der Waals surface area contributed by atoms with Crippen molar-refractivity contribution in [2.45, 2.75) is 50.9 Å². The van der Waals surface area contributed by atoms with Gasteiger partial charge >= 0.3 is 0 Å². The molecule has 94 valence electrons. The van der Waals surface area contributed by atoms with E-state index in [1.807, 2.05) is 0 Å². The lowest BCUT2D eigenvalue weighted by Crippen LogP contribution is -2.07. The van der Waals surface area contributed by atoms with E-state index in [9.17, 15) is 0 Å². The molecule has 0 saturated carbocycles. The van der Waals surface area contributed by atoms with Crippen molar-refractivity contribution < 1.29 is 0 Å². The fraction of sp³-hybridized carbons (Fsp3) is 0.444. The first kappa shape index (κ1) is 11.8. The fourth-order valence-electron chi connectivity index (χ4n) is 3.39. The molecule has 0 saturated heterocycles. The van der Waals surface area contributed by atoms with Crippen molar-refractivity contribution in [3.63, 3.8) is 0 Å². The highest BCUT2D eigenvalue weighted by molar-refractivity contribution is 5.40. The van der Waals surface area contributed by atoms with E-state index in [1.54, 1.807) is 11.1 Å². The first-order chi connectivity index (χ1) is 8.95. The van der Waals surface area contributed by atoms with Gasteiger partial charge in [-0.2, -0.15) is 0 Å². The smallest absolute Gasteiger partial charge is 0.0257 e. The van der Waals surface area contributed by atoms with Gasteiger partial charge in [-0.1, -0.05) is 53.6 Å². The molecule has 0 heteroatoms. The third kappa shape index (κ3) is 2.43. The zero-order valence-electron chi connectivity index (χ0n) is 11.1. The Balaban J connectivity index is 1.95. The van der Waals surface area contributed by atoms with Gasteiger partial charge in [0.05, 0.1) is 0 Å². The summed E-state index contributed by atoms with van der Waals surface area (Å²) in [4.78, 5) is 0. The van der Waals surface area contributed by atoms with Crippen LogP contribution < -0.4 is 0 Å². The Morgan fingerprint density at radius 1 is 0.722 bits per heavy atom. The van der Waals surface area contributed by atoms with Crippen molar-refractivity contribution in [3.05, 3.63) is 59.2 Å². The molecule has 0 heterocycles. The van der Waals surface area contributed by atoms with Gasteiger partial charge in [0.2, 0.25) is 0 Å². The van der Waals surface area contributed by atoms with Crippen LogP contribution in [0.1, 0.15) is 56.4 Å². The minimum absolute atomic E-state index is 0.592. The van der Waals surface area contributed by atoms with E-state index in [0.29, 0.717) is 5.92 Å². The van der Waals surface area contributed by atoms with Crippen LogP contribution in [-0.2, 0) is 0 Å². The molecule has 2 aliphatic rings. The lowest BCUT2D eigenvalue weighted by molar-refractivity contribution is 0.659. The molecule has 0 aromatic heterocycles. The Labute approximate surface area is 110 Å². The van der Waals surface area contributed by atoms with E-state index < -0.39 is 0 Å². The van der Waals surface area contributed by atoms with E-state index in [4.69, 9.17) is 0 Å². The molecule has 0 radical (unpaired) electrons. The second kappa shape index (κ2) is 5.56. The number of benzene rings is 1. The van der Waals surface area contributed by atoms with Crippen LogP contribution in [0.3, 0.4) is 0 Å². The minimum atomic E-state index is 0.592. The maximum Gasteiger partial charge on any atom is 0.0257 e. The van der Waals surface area contributed by atoms with Gasteiger partial charge in [-0.05, 0) is 50.5 Å². The van der Waals surface area contributed by atoms with Gasteiger partial charge in [-0.3, -0.25) is 0 Å². The minimum Gasteiger partial charge on any atom is -0.0844 e. The molecule has 1 aromatic rings. The quantitative estimate of drug-likeness (QED) is 0.620. The van der Waals surface area contributed by atoms with Gasteiger partial charge in [0, 0.05) is 5.92 Å². The van der Waals surface area contributed by atoms with Crippen molar-refractivity contribution in [3.8, 4) is 0 Å². The van der Waals surface area contributed by atoms with Crippen LogP contribution in [0, 0.1) is 0 Å². The summed E-state index contributed by atoms with van der Waals surface area (Å²) in [5.41, 5.74) is 4.86. The maximum absolute atomic E-state index is 2.51. The van der Waals surface area contributed by atoms with Crippen LogP contribution >= 0.6 is 0 Å². The van der Waals surface area contributed by atoms with Gasteiger partial charge in [-0.25, -0.2) is 0 Å². The Bertz CT molecular complexity index is 450. The molecule has 18 heavy (non-hydrogen) atoms. The van der Waals surface area contributed by atoms with Crippen LogP contribution in [-0.4, -0.2) is 0 Å². The van der Waals surface area contributed by atoms with E-state index in [2.05, 4.69) is 42.5 Å². The average Bonchev–Trinajstić information content (AvgIpc) is 2.95. The Hall–Kier alpha value is -1.30. The molecule has 0 amide bonds. The lowest BCUT2D eigenvalue weighted by Gasteiger charge is -2.25. The van der Waals surface area contributed by atoms with Gasteiger partial charge in [-0.15, -0.1) is 0 Å². The summed E-state index contributed by atoms with van der Waals surface area (Å²) in [6.45, 7) is 0. The molecule has 0 aliphatic heterocycles. The first-order valence-corrected chi connectivity index (χ1v) is 7.38. The summed E-state index contributed by atoms with van der Waals surface area (Å²) in [5, 5.41) is 0. The molecule has 0 N–H and O–H groups in total. The third-order valence-electron chi connectivity index (χ3n) is 4.28. The largest absolute Gasteiger partial charge is 0.0844 e. The van der Waals surface area contributed by atoms with Crippen molar-refractivity contribution in [1.82, 2.24) is 0 Å². The molecule has 1 aromatic carbocycles. The summed E-state index contributed by atoms with van der Waals surface area (Å²) in [6.07, 6.45) is 14.3. The summed E-state index contributed by atoms with van der Waals surface area (Å²) < 4.78 is 0. The normalized spacial score (nSPS) is 21.3. The van der Waals surface area contributed by atoms with Crippen LogP contribution in [0.2, 0.25) is 0 Å². The second-order valence-electron chi connectivity index (χ2n) is 5.54. The Morgan fingerprint density at radius 2 is 1.39 bits per heavy atom. The van der Waals surface area contributed by atoms with Crippen molar-refractivity contribution in [1.29, 1.82) is 0 Å². The zero-order valence-corrected chi connectivity index (χ0v) is 11.1. The van der Waals surface area contributed by atoms with Crippen molar-refractivity contribution in [2.75, 3.05) is 0 Å². The van der Waals surface area contributed by atoms with Crippen LogP contribution in [0.15, 0.2) is 53.6 Å². The maximum atomic E-state index is 2.51. The number of hydrogen-bond acceptors (Lipinski definition) is 0. The van der Waals surface area contributed by atoms with E-state index in [0.717, 1.165) is 0 Å². The lowest BCUT2D eigenvalue weighted by atomic mass is 9.79. The molecule has 3 rings (SSSR count). The molecule has 1 atom stereocenters. The van der Waals surface area contributed by atoms with Crippen molar-refractivity contribution >= 4 is 0 Å². The molecule has 0 bridgehead atoms. The number of rotatable bonds is 3. The summed E-state index contributed by atoms with van der Waals surface area (Å²) in [7, 11) is 0. The highest BCUT2D eigenvalue weighted by Gasteiger charge is 2.23. The molecular weight excluding hydrogens is 216 g/mol. The molecule has 0 fully saturated rings. The molecule has 0 nitrogen and oxygen atoms in total. The molecule has 1 unspecified atom stereocenters. The van der Waals surface area contributed by atoms with E-state index in [1.165, 1.54) is 50.5 Å². The Morgan fingerprint density at radius 3 is 2.00 bits per heavy atom.